The molecular weight excluding hydrogens is 255 g/mol. The van der Waals surface area contributed by atoms with Crippen molar-refractivity contribution in [3.05, 3.63) is 59.9 Å². The second-order valence-electron chi connectivity index (χ2n) is 4.35. The van der Waals surface area contributed by atoms with Gasteiger partial charge < -0.3 is 9.47 Å². The molecule has 0 aliphatic rings. The zero-order valence-electron chi connectivity index (χ0n) is 11.8. The van der Waals surface area contributed by atoms with Gasteiger partial charge in [0, 0.05) is 24.3 Å². The maximum atomic E-state index is 14.3. The molecule has 0 radical (unpaired) electrons. The van der Waals surface area contributed by atoms with Crippen LogP contribution < -0.4 is 0 Å². The molecule has 2 nitrogen and oxygen atoms in total. The van der Waals surface area contributed by atoms with Gasteiger partial charge in [-0.1, -0.05) is 42.5 Å². The van der Waals surface area contributed by atoms with Gasteiger partial charge in [-0.2, -0.15) is 0 Å². The molecule has 0 spiro atoms. The van der Waals surface area contributed by atoms with Gasteiger partial charge in [0.2, 0.25) is 0 Å². The smallest absolute Gasteiger partial charge is 0.183 e. The predicted octanol–water partition coefficient (Wildman–Crippen LogP) is 4.56. The summed E-state index contributed by atoms with van der Waals surface area (Å²) in [5.74, 6) is -0.266. The summed E-state index contributed by atoms with van der Waals surface area (Å²) in [6.45, 7) is 4.82. The molecule has 3 heteroatoms. The molecule has 0 bridgehead atoms. The average molecular weight is 274 g/mol. The molecular formula is C17H19FO2. The van der Waals surface area contributed by atoms with E-state index in [1.165, 1.54) is 6.07 Å². The van der Waals surface area contributed by atoms with Gasteiger partial charge in [-0.3, -0.25) is 0 Å². The fourth-order valence-electron chi connectivity index (χ4n) is 2.07. The molecule has 2 rings (SSSR count). The molecule has 0 heterocycles. The Labute approximate surface area is 119 Å². The average Bonchev–Trinajstić information content (AvgIpc) is 2.48. The van der Waals surface area contributed by atoms with E-state index in [-0.39, 0.29) is 5.82 Å². The van der Waals surface area contributed by atoms with E-state index in [4.69, 9.17) is 9.47 Å². The van der Waals surface area contributed by atoms with Crippen LogP contribution in [0, 0.1) is 5.82 Å². The molecule has 2 aromatic carbocycles. The fourth-order valence-corrected chi connectivity index (χ4v) is 2.07. The molecule has 0 fully saturated rings. The Morgan fingerprint density at radius 3 is 2.15 bits per heavy atom. The molecule has 20 heavy (non-hydrogen) atoms. The molecule has 0 saturated heterocycles. The van der Waals surface area contributed by atoms with Crippen LogP contribution in [0.1, 0.15) is 25.7 Å². The number of rotatable bonds is 6. The first-order valence-corrected chi connectivity index (χ1v) is 6.84. The van der Waals surface area contributed by atoms with Crippen molar-refractivity contribution in [2.75, 3.05) is 13.2 Å². The van der Waals surface area contributed by atoms with Crippen molar-refractivity contribution >= 4 is 0 Å². The molecule has 0 aliphatic heterocycles. The summed E-state index contributed by atoms with van der Waals surface area (Å²) in [5, 5.41) is 0. The van der Waals surface area contributed by atoms with Crippen LogP contribution in [-0.4, -0.2) is 13.2 Å². The number of hydrogen-bond acceptors (Lipinski definition) is 2. The van der Waals surface area contributed by atoms with Crippen molar-refractivity contribution in [2.24, 2.45) is 0 Å². The van der Waals surface area contributed by atoms with Crippen LogP contribution in [0.3, 0.4) is 0 Å². The van der Waals surface area contributed by atoms with E-state index in [1.54, 1.807) is 6.07 Å². The van der Waals surface area contributed by atoms with Gasteiger partial charge in [-0.05, 0) is 25.5 Å². The van der Waals surface area contributed by atoms with Crippen LogP contribution in [0.15, 0.2) is 48.5 Å². The second-order valence-corrected chi connectivity index (χ2v) is 4.35. The minimum atomic E-state index is -0.510. The Morgan fingerprint density at radius 2 is 1.60 bits per heavy atom. The van der Waals surface area contributed by atoms with Gasteiger partial charge in [0.25, 0.3) is 0 Å². The zero-order valence-corrected chi connectivity index (χ0v) is 11.8. The van der Waals surface area contributed by atoms with Crippen LogP contribution in [0.2, 0.25) is 0 Å². The SMILES string of the molecule is CCOC(OCC)c1ccc(-c2ccccc2)c(F)c1. The third-order valence-corrected chi connectivity index (χ3v) is 2.99. The molecule has 0 amide bonds. The molecule has 0 aliphatic carbocycles. The zero-order chi connectivity index (χ0) is 14.4. The number of halogens is 1. The number of ether oxygens (including phenoxy) is 2. The summed E-state index contributed by atoms with van der Waals surface area (Å²) in [6, 6.07) is 14.6. The van der Waals surface area contributed by atoms with Gasteiger partial charge in [-0.15, -0.1) is 0 Å². The fraction of sp³-hybridized carbons (Fsp3) is 0.294. The van der Waals surface area contributed by atoms with Crippen molar-refractivity contribution in [1.82, 2.24) is 0 Å². The Bertz CT molecular complexity index is 534. The van der Waals surface area contributed by atoms with E-state index in [0.717, 1.165) is 5.56 Å². The first-order chi connectivity index (χ1) is 9.76. The Hall–Kier alpha value is -1.71. The van der Waals surface area contributed by atoms with E-state index in [0.29, 0.717) is 24.3 Å². The second kappa shape index (κ2) is 7.17. The van der Waals surface area contributed by atoms with Gasteiger partial charge in [-0.25, -0.2) is 4.39 Å². The molecule has 0 unspecified atom stereocenters. The van der Waals surface area contributed by atoms with E-state index < -0.39 is 6.29 Å². The lowest BCUT2D eigenvalue weighted by molar-refractivity contribution is -0.140. The summed E-state index contributed by atoms with van der Waals surface area (Å²) in [4.78, 5) is 0. The standard InChI is InChI=1S/C17H19FO2/c1-3-19-17(20-4-2)14-10-11-15(16(18)12-14)13-8-6-5-7-9-13/h5-12,17H,3-4H2,1-2H3. The highest BCUT2D eigenvalue weighted by Crippen LogP contribution is 2.27. The van der Waals surface area contributed by atoms with Crippen LogP contribution in [0.4, 0.5) is 4.39 Å². The van der Waals surface area contributed by atoms with Crippen molar-refractivity contribution in [2.45, 2.75) is 20.1 Å². The first-order valence-electron chi connectivity index (χ1n) is 6.84. The molecule has 2 aromatic rings. The lowest BCUT2D eigenvalue weighted by Crippen LogP contribution is -2.09. The third-order valence-electron chi connectivity index (χ3n) is 2.99. The van der Waals surface area contributed by atoms with Gasteiger partial charge in [0.05, 0.1) is 0 Å². The lowest BCUT2D eigenvalue weighted by atomic mass is 10.0. The largest absolute Gasteiger partial charge is 0.349 e. The highest BCUT2D eigenvalue weighted by atomic mass is 19.1. The maximum Gasteiger partial charge on any atom is 0.183 e. The number of benzene rings is 2. The Balaban J connectivity index is 2.29. The number of hydrogen-bond donors (Lipinski definition) is 0. The minimum Gasteiger partial charge on any atom is -0.349 e. The van der Waals surface area contributed by atoms with E-state index in [9.17, 15) is 4.39 Å². The lowest BCUT2D eigenvalue weighted by Gasteiger charge is -2.18. The molecule has 0 saturated carbocycles. The maximum absolute atomic E-state index is 14.3. The van der Waals surface area contributed by atoms with Crippen molar-refractivity contribution < 1.29 is 13.9 Å². The summed E-state index contributed by atoms with van der Waals surface area (Å²) < 4.78 is 25.2. The van der Waals surface area contributed by atoms with Crippen molar-refractivity contribution in [1.29, 1.82) is 0 Å². The summed E-state index contributed by atoms with van der Waals surface area (Å²) in [7, 11) is 0. The van der Waals surface area contributed by atoms with Gasteiger partial charge >= 0.3 is 0 Å². The summed E-state index contributed by atoms with van der Waals surface area (Å²) in [6.07, 6.45) is -0.510. The molecule has 0 N–H and O–H groups in total. The van der Waals surface area contributed by atoms with Crippen molar-refractivity contribution in [3.8, 4) is 11.1 Å². The van der Waals surface area contributed by atoms with Crippen molar-refractivity contribution in [3.63, 3.8) is 0 Å². The van der Waals surface area contributed by atoms with E-state index >= 15 is 0 Å². The topological polar surface area (TPSA) is 18.5 Å². The van der Waals surface area contributed by atoms with Crippen LogP contribution in [-0.2, 0) is 9.47 Å². The Morgan fingerprint density at radius 1 is 0.950 bits per heavy atom. The Kier molecular flexibility index (Phi) is 5.27. The first kappa shape index (κ1) is 14.7. The van der Waals surface area contributed by atoms with Crippen LogP contribution in [0.5, 0.6) is 0 Å². The predicted molar refractivity (Wildman–Crippen MR) is 77.8 cm³/mol. The molecule has 0 atom stereocenters. The normalized spacial score (nSPS) is 11.0. The molecule has 106 valence electrons. The summed E-state index contributed by atoms with van der Waals surface area (Å²) >= 11 is 0. The van der Waals surface area contributed by atoms with E-state index in [2.05, 4.69) is 0 Å². The highest BCUT2D eigenvalue weighted by Gasteiger charge is 2.14. The third kappa shape index (κ3) is 3.44. The van der Waals surface area contributed by atoms with Crippen LogP contribution >= 0.6 is 0 Å². The molecule has 0 aromatic heterocycles. The van der Waals surface area contributed by atoms with Gasteiger partial charge in [0.15, 0.2) is 6.29 Å². The summed E-state index contributed by atoms with van der Waals surface area (Å²) in [5.41, 5.74) is 2.15. The van der Waals surface area contributed by atoms with Gasteiger partial charge in [0.1, 0.15) is 5.82 Å². The van der Waals surface area contributed by atoms with Crippen LogP contribution in [0.25, 0.3) is 11.1 Å². The highest BCUT2D eigenvalue weighted by molar-refractivity contribution is 5.64. The minimum absolute atomic E-state index is 0.266. The monoisotopic (exact) mass is 274 g/mol. The van der Waals surface area contributed by atoms with E-state index in [1.807, 2.05) is 50.2 Å². The quantitative estimate of drug-likeness (QED) is 0.719.